The van der Waals surface area contributed by atoms with E-state index >= 15 is 0 Å². The molecule has 12 nitrogen and oxygen atoms in total. The van der Waals surface area contributed by atoms with E-state index in [-0.39, 0.29) is 25.9 Å². The topological polar surface area (TPSA) is 189 Å². The lowest BCUT2D eigenvalue weighted by molar-refractivity contribution is -0.468. The predicted molar refractivity (Wildman–Crippen MR) is 141 cm³/mol. The van der Waals surface area contributed by atoms with Crippen molar-refractivity contribution >= 4 is 11.8 Å². The summed E-state index contributed by atoms with van der Waals surface area (Å²) in [6.07, 6.45) is -5.37. The van der Waals surface area contributed by atoms with Crippen LogP contribution in [0, 0.1) is 39.4 Å². The number of rotatable bonds is 4. The van der Waals surface area contributed by atoms with Crippen molar-refractivity contribution in [3.8, 4) is 0 Å². The Bertz CT molecular complexity index is 1380. The van der Waals surface area contributed by atoms with Crippen molar-refractivity contribution in [3.05, 3.63) is 24.2 Å². The van der Waals surface area contributed by atoms with Crippen LogP contribution in [-0.2, 0) is 34.1 Å². The van der Waals surface area contributed by atoms with Gasteiger partial charge >= 0.3 is 5.97 Å². The number of ether oxygens (including phenoxy) is 4. The second-order valence-electron chi connectivity index (χ2n) is 14.7. The second kappa shape index (κ2) is 8.27. The minimum Gasteiger partial charge on any atom is -0.472 e. The molecule has 1 aromatic rings. The highest BCUT2D eigenvalue weighted by Gasteiger charge is 2.97. The number of furan rings is 1. The van der Waals surface area contributed by atoms with Gasteiger partial charge in [0.2, 0.25) is 0 Å². The van der Waals surface area contributed by atoms with E-state index in [0.717, 1.165) is 0 Å². The van der Waals surface area contributed by atoms with Gasteiger partial charge in [-0.2, -0.15) is 0 Å². The molecule has 7 fully saturated rings. The van der Waals surface area contributed by atoms with Crippen LogP contribution >= 0.6 is 0 Å². The molecule has 16 atom stereocenters. The van der Waals surface area contributed by atoms with Crippen LogP contribution in [0.15, 0.2) is 23.0 Å². The number of hydrogen-bond donors (Lipinski definition) is 5. The van der Waals surface area contributed by atoms with Gasteiger partial charge in [-0.1, -0.05) is 27.7 Å². The summed E-state index contributed by atoms with van der Waals surface area (Å²) in [5, 5.41) is 60.2. The zero-order chi connectivity index (χ0) is 30.7. The van der Waals surface area contributed by atoms with Gasteiger partial charge in [-0.15, -0.1) is 0 Å². The molecule has 2 spiro atoms. The summed E-state index contributed by atoms with van der Waals surface area (Å²) < 4.78 is 30.1. The van der Waals surface area contributed by atoms with Crippen LogP contribution in [-0.4, -0.2) is 92.6 Å². The number of hydrogen-bond acceptors (Lipinski definition) is 12. The fourth-order valence-electron chi connectivity index (χ4n) is 11.3. The van der Waals surface area contributed by atoms with E-state index in [4.69, 9.17) is 23.4 Å². The normalized spacial score (nSPS) is 58.2. The smallest absolute Gasteiger partial charge is 0.308 e. The van der Waals surface area contributed by atoms with Crippen LogP contribution in [0.5, 0.6) is 0 Å². The lowest BCUT2D eigenvalue weighted by Crippen LogP contribution is -2.88. The average molecular weight is 605 g/mol. The molecule has 0 amide bonds. The summed E-state index contributed by atoms with van der Waals surface area (Å²) in [5.74, 6) is -3.56. The monoisotopic (exact) mass is 604 g/mol. The maximum absolute atomic E-state index is 14.8. The predicted octanol–water partition coefficient (Wildman–Crippen LogP) is 0.362. The number of carbonyl (C=O) groups is 2. The van der Waals surface area contributed by atoms with Crippen LogP contribution in [0.25, 0.3) is 0 Å². The first-order valence-corrected chi connectivity index (χ1v) is 15.4. The Morgan fingerprint density at radius 3 is 2.58 bits per heavy atom. The molecular formula is C31H40O12. The summed E-state index contributed by atoms with van der Waals surface area (Å²) in [6.45, 7) is 6.70. The Morgan fingerprint density at radius 1 is 1.16 bits per heavy atom. The SMILES string of the molecule is CC[C@@H](C)C(=O)O[C@H]1C[C@H](O)[C@@]23C4C[C@@H](O)[C@]5(CO[C@H]2O[C@@H](O)[C@@]41C)[C@@H]3C(=O)[C@H](O)[C@@]1(C)[C@@]52O[C@H]2C[C@]1(O)c1ccoc1. The van der Waals surface area contributed by atoms with E-state index in [9.17, 15) is 35.1 Å². The first-order chi connectivity index (χ1) is 20.2. The molecule has 3 aliphatic heterocycles. The number of esters is 1. The number of ketones is 1. The molecule has 7 aliphatic rings. The third kappa shape index (κ3) is 2.65. The van der Waals surface area contributed by atoms with Crippen molar-refractivity contribution in [2.75, 3.05) is 6.61 Å². The highest BCUT2D eigenvalue weighted by molar-refractivity contribution is 5.91. The third-order valence-electron chi connectivity index (χ3n) is 13.7. The zero-order valence-corrected chi connectivity index (χ0v) is 24.6. The van der Waals surface area contributed by atoms with Gasteiger partial charge in [-0.3, -0.25) is 9.59 Å². The van der Waals surface area contributed by atoms with Crippen LogP contribution in [0.1, 0.15) is 58.9 Å². The Morgan fingerprint density at radius 2 is 1.91 bits per heavy atom. The summed E-state index contributed by atoms with van der Waals surface area (Å²) >= 11 is 0. The number of epoxide rings is 1. The Labute approximate surface area is 248 Å². The Kier molecular flexibility index (Phi) is 5.49. The lowest BCUT2D eigenvalue weighted by atomic mass is 9.31. The number of aliphatic hydroxyl groups is 5. The summed E-state index contributed by atoms with van der Waals surface area (Å²) in [7, 11) is 0. The standard InChI is InChI=1S/C31H40O12/c1-5-13(2)23(36)41-18-9-17(33)30-15-8-16(32)28(12-40-25(30)42-24(37)26(15,18)3)21(30)20(34)22(35)27(4)29(38,14-6-7-39-11-14)10-19-31(27,28)43-19/h6-7,11,13,15-19,21-22,24-25,32-33,35,37-38H,5,8-10,12H2,1-4H3/t13-,15?,16-,17+,18+,19+,21+,22+,24-,25+,26+,27-,28-,29+,30-,31-/m1/s1. The molecule has 43 heavy (non-hydrogen) atoms. The number of carbonyl (C=O) groups excluding carboxylic acids is 2. The fraction of sp³-hybridized carbons (Fsp3) is 0.806. The number of Topliss-reactive ketones (excluding diaryl/α,β-unsaturated/α-hetero) is 1. The second-order valence-corrected chi connectivity index (χ2v) is 14.7. The van der Waals surface area contributed by atoms with Crippen LogP contribution < -0.4 is 0 Å². The molecule has 12 heteroatoms. The van der Waals surface area contributed by atoms with E-state index in [0.29, 0.717) is 12.0 Å². The van der Waals surface area contributed by atoms with E-state index in [2.05, 4.69) is 0 Å². The first-order valence-electron chi connectivity index (χ1n) is 15.4. The molecule has 5 N–H and O–H groups in total. The van der Waals surface area contributed by atoms with Gasteiger partial charge in [-0.05, 0) is 24.8 Å². The van der Waals surface area contributed by atoms with Crippen LogP contribution in [0.3, 0.4) is 0 Å². The van der Waals surface area contributed by atoms with Crippen molar-refractivity contribution in [1.82, 2.24) is 0 Å². The largest absolute Gasteiger partial charge is 0.472 e. The number of aliphatic hydroxyl groups excluding tert-OH is 4. The molecule has 8 rings (SSSR count). The van der Waals surface area contributed by atoms with E-state index in [1.165, 1.54) is 12.5 Å². The van der Waals surface area contributed by atoms with Gasteiger partial charge in [0.05, 0.1) is 65.0 Å². The van der Waals surface area contributed by atoms with Crippen molar-refractivity contribution < 1.29 is 58.5 Å². The summed E-state index contributed by atoms with van der Waals surface area (Å²) in [5.41, 5.74) is -8.62. The van der Waals surface area contributed by atoms with E-state index in [1.807, 2.05) is 6.92 Å². The molecule has 1 aromatic heterocycles. The Balaban J connectivity index is 1.31. The van der Waals surface area contributed by atoms with Gasteiger partial charge in [0.1, 0.15) is 23.4 Å². The highest BCUT2D eigenvalue weighted by atomic mass is 16.7. The van der Waals surface area contributed by atoms with Crippen molar-refractivity contribution in [2.45, 2.75) is 108 Å². The van der Waals surface area contributed by atoms with Crippen molar-refractivity contribution in [1.29, 1.82) is 0 Å². The lowest BCUT2D eigenvalue weighted by Gasteiger charge is -2.76. The van der Waals surface area contributed by atoms with E-state index < -0.39 is 105 Å². The maximum atomic E-state index is 14.8. The third-order valence-corrected chi connectivity index (χ3v) is 13.7. The Hall–Kier alpha value is -1.90. The molecule has 3 bridgehead atoms. The molecule has 4 aliphatic carbocycles. The molecule has 0 aromatic carbocycles. The maximum Gasteiger partial charge on any atom is 0.308 e. The molecule has 236 valence electrons. The molecule has 0 radical (unpaired) electrons. The summed E-state index contributed by atoms with van der Waals surface area (Å²) in [4.78, 5) is 27.8. The minimum absolute atomic E-state index is 0.0170. The quantitative estimate of drug-likeness (QED) is 0.235. The molecule has 1 unspecified atom stereocenters. The van der Waals surface area contributed by atoms with Crippen LogP contribution in [0.2, 0.25) is 0 Å². The fourth-order valence-corrected chi connectivity index (χ4v) is 11.3. The minimum atomic E-state index is -1.75. The first kappa shape index (κ1) is 28.6. The van der Waals surface area contributed by atoms with E-state index in [1.54, 1.807) is 26.8 Å². The van der Waals surface area contributed by atoms with Gasteiger partial charge in [0.25, 0.3) is 0 Å². The zero-order valence-electron chi connectivity index (χ0n) is 24.6. The van der Waals surface area contributed by atoms with Gasteiger partial charge < -0.3 is 48.9 Å². The van der Waals surface area contributed by atoms with Crippen molar-refractivity contribution in [2.24, 2.45) is 39.4 Å². The van der Waals surface area contributed by atoms with Gasteiger partial charge in [0, 0.05) is 24.3 Å². The van der Waals surface area contributed by atoms with Gasteiger partial charge in [-0.25, -0.2) is 0 Å². The van der Waals surface area contributed by atoms with Gasteiger partial charge in [0.15, 0.2) is 18.4 Å². The molecule has 3 saturated heterocycles. The van der Waals surface area contributed by atoms with Crippen molar-refractivity contribution in [3.63, 3.8) is 0 Å². The highest BCUT2D eigenvalue weighted by Crippen LogP contribution is 2.85. The summed E-state index contributed by atoms with van der Waals surface area (Å²) in [6, 6.07) is 1.59. The van der Waals surface area contributed by atoms with Crippen LogP contribution in [0.4, 0.5) is 0 Å². The average Bonchev–Trinajstić information content (AvgIpc) is 3.33. The molecule has 4 saturated carbocycles. The molecule has 4 heterocycles. The molecular weight excluding hydrogens is 564 g/mol.